The van der Waals surface area contributed by atoms with Crippen molar-refractivity contribution in [2.75, 3.05) is 0 Å². The number of allylic oxidation sites excluding steroid dienone is 14. The Bertz CT molecular complexity index is 7410. The van der Waals surface area contributed by atoms with Crippen molar-refractivity contribution in [3.05, 3.63) is 565 Å². The van der Waals surface area contributed by atoms with Crippen LogP contribution in [0.4, 0.5) is 0 Å². The van der Waals surface area contributed by atoms with Gasteiger partial charge in [0.2, 0.25) is 0 Å². The van der Waals surface area contributed by atoms with Crippen LogP contribution in [0.5, 0.6) is 0 Å². The van der Waals surface area contributed by atoms with Crippen LogP contribution in [0.2, 0.25) is 0 Å². The summed E-state index contributed by atoms with van der Waals surface area (Å²) < 4.78 is 6.24. The molecule has 18 aromatic rings. The average molecular weight is 1770 g/mol. The molecule has 0 fully saturated rings. The van der Waals surface area contributed by atoms with Gasteiger partial charge < -0.3 is 4.42 Å². The van der Waals surface area contributed by atoms with Crippen molar-refractivity contribution < 1.29 is 42.8 Å². The summed E-state index contributed by atoms with van der Waals surface area (Å²) in [5.74, 6) is 1.05. The van der Waals surface area contributed by atoms with Crippen LogP contribution < -0.4 is 0 Å². The zero-order valence-corrected chi connectivity index (χ0v) is 74.7. The normalized spacial score (nSPS) is 13.1. The maximum Gasteiger partial charge on any atom is 0.195 e. The van der Waals surface area contributed by atoms with Gasteiger partial charge in [-0.3, -0.25) is 38.4 Å². The molecule has 1 aromatic heterocycles. The van der Waals surface area contributed by atoms with Gasteiger partial charge in [-0.05, 0) is 184 Å². The molecule has 0 atom stereocenters. The lowest BCUT2D eigenvalue weighted by molar-refractivity contribution is -0.115. The SMILES string of the molecule is C=C(C(=C)c1ccccc1)c1ccccc1.O=C1C=CC(=O)C2=C1CC(c1ccccc1)=C(c1ccccc1)C2.O=C1C=CC(=O)C=C1.O=C1C=CC(=O)c2cc(-c3ccccc3)c(-c3ccccc3)cc21.O=C1c2cc(-c3ccccc3)c(-c3ccccc3)cc2C(=O)c2c1c(-c1ccccc1)c1ccccc1c2-c1ccccc1.c1ccc(-c2oc(-c3ccccc3)c3ccccc23)cc1. The number of fused-ring (bicyclic) bond motifs is 5. The van der Waals surface area contributed by atoms with Crippen LogP contribution in [0.15, 0.2) is 514 Å². The maximum atomic E-state index is 15.0. The van der Waals surface area contributed by atoms with Crippen LogP contribution in [-0.2, 0) is 19.2 Å². The highest BCUT2D eigenvalue weighted by Gasteiger charge is 2.38. The Balaban J connectivity index is 0.000000116. The largest absolute Gasteiger partial charge is 0.455 e. The first-order valence-corrected chi connectivity index (χ1v) is 45.2. The van der Waals surface area contributed by atoms with Gasteiger partial charge in [0.25, 0.3) is 0 Å². The first-order valence-electron chi connectivity index (χ1n) is 45.2. The van der Waals surface area contributed by atoms with Crippen molar-refractivity contribution in [1.29, 1.82) is 0 Å². The van der Waals surface area contributed by atoms with Crippen molar-refractivity contribution in [2.24, 2.45) is 0 Å². The van der Waals surface area contributed by atoms with Gasteiger partial charge in [0.1, 0.15) is 11.5 Å². The summed E-state index contributed by atoms with van der Waals surface area (Å²) in [5, 5.41) is 4.21. The molecule has 17 aromatic carbocycles. The quantitative estimate of drug-likeness (QED) is 0.0812. The lowest BCUT2D eigenvalue weighted by Crippen LogP contribution is -2.23. The second kappa shape index (κ2) is 41.5. The third-order valence-corrected chi connectivity index (χ3v) is 24.6. The molecule has 9 nitrogen and oxygen atoms in total. The Labute approximate surface area is 795 Å². The molecule has 0 saturated carbocycles. The summed E-state index contributed by atoms with van der Waals surface area (Å²) in [7, 11) is 0. The van der Waals surface area contributed by atoms with Crippen LogP contribution in [0, 0.1) is 0 Å². The highest BCUT2D eigenvalue weighted by atomic mass is 16.3. The maximum absolute atomic E-state index is 15.0. The van der Waals surface area contributed by atoms with Gasteiger partial charge in [0, 0.05) is 90.4 Å². The number of benzene rings is 17. The Morgan fingerprint density at radius 2 is 0.409 bits per heavy atom. The lowest BCUT2D eigenvalue weighted by Gasteiger charge is -2.27. The van der Waals surface area contributed by atoms with Crippen LogP contribution >= 0.6 is 0 Å². The summed E-state index contributed by atoms with van der Waals surface area (Å²) in [6, 6.07) is 145. The van der Waals surface area contributed by atoms with E-state index in [2.05, 4.69) is 122 Å². The van der Waals surface area contributed by atoms with E-state index in [0.717, 1.165) is 155 Å². The molecule has 5 aliphatic carbocycles. The molecule has 0 saturated heterocycles. The van der Waals surface area contributed by atoms with Gasteiger partial charge >= 0.3 is 0 Å². The molecule has 0 N–H and O–H groups in total. The van der Waals surface area contributed by atoms with E-state index in [-0.39, 0.29) is 46.3 Å². The zero-order chi connectivity index (χ0) is 94.1. The van der Waals surface area contributed by atoms with E-state index in [1.807, 2.05) is 328 Å². The first kappa shape index (κ1) is 89.4. The van der Waals surface area contributed by atoms with E-state index in [0.29, 0.717) is 57.4 Å². The smallest absolute Gasteiger partial charge is 0.195 e. The van der Waals surface area contributed by atoms with Gasteiger partial charge in [-0.25, -0.2) is 0 Å². The van der Waals surface area contributed by atoms with Gasteiger partial charge in [0.15, 0.2) is 46.3 Å². The minimum Gasteiger partial charge on any atom is -0.455 e. The summed E-state index contributed by atoms with van der Waals surface area (Å²) in [5.41, 5.74) is 26.2. The van der Waals surface area contributed by atoms with Crippen molar-refractivity contribution >= 4 is 90.1 Å². The highest BCUT2D eigenvalue weighted by molar-refractivity contribution is 6.36. The summed E-state index contributed by atoms with van der Waals surface area (Å²) in [4.78, 5) is 99.5. The van der Waals surface area contributed by atoms with Gasteiger partial charge in [-0.1, -0.05) is 426 Å². The van der Waals surface area contributed by atoms with E-state index in [1.165, 1.54) is 48.6 Å². The average Bonchev–Trinajstić information content (AvgIpc) is 1.49. The first-order chi connectivity index (χ1) is 67.2. The Morgan fingerprint density at radius 1 is 0.190 bits per heavy atom. The van der Waals surface area contributed by atoms with Crippen LogP contribution in [-0.4, -0.2) is 46.3 Å². The molecule has 1 heterocycles. The van der Waals surface area contributed by atoms with Gasteiger partial charge in [0.05, 0.1) is 0 Å². The molecule has 137 heavy (non-hydrogen) atoms. The molecule has 0 radical (unpaired) electrons. The fourth-order valence-electron chi connectivity index (χ4n) is 17.9. The van der Waals surface area contributed by atoms with E-state index in [9.17, 15) is 38.4 Å². The standard InChI is InChI=1S/C42H26O2.C22H16O2.C22H14O2.C20H14O.C16H14.C6H4O2/c43-41-35-25-33(27-15-5-1-6-16-27)34(28-17-7-2-8-18-28)26-36(35)42(44)40-38(30-21-11-4-12-22-30)32-24-14-13-23-31(32)37(39(40)41)29-19-9-3-10-20-29;2*23-21-11-12-22(24)20-14-18(16-9-5-2-6-10-16)17(13-19(20)21)15-7-3-1-4-8-15;1-3-9-15(10-4-1)19-17-13-7-8-14-18(17)20(21-19)16-11-5-2-6-12-16;1-13(15-9-5-3-6-10-15)14(2)16-11-7-4-8-12-16;7-5-1-2-6(8)4-3-5/h1-26H;1-12H,13-14H2;1-14H;1-14H;3-12H,1-2H2;1-4H. The molecule has 0 bridgehead atoms. The van der Waals surface area contributed by atoms with Crippen molar-refractivity contribution in [3.63, 3.8) is 0 Å². The summed E-state index contributed by atoms with van der Waals surface area (Å²) >= 11 is 0. The molecule has 23 rings (SSSR count). The lowest BCUT2D eigenvalue weighted by atomic mass is 9.73. The minimum absolute atomic E-state index is 0.0369. The monoisotopic (exact) mass is 1770 g/mol. The van der Waals surface area contributed by atoms with E-state index in [1.54, 1.807) is 0 Å². The number of hydrogen-bond donors (Lipinski definition) is 0. The van der Waals surface area contributed by atoms with Gasteiger partial charge in [-0.15, -0.1) is 0 Å². The molecule has 5 aliphatic rings. The van der Waals surface area contributed by atoms with E-state index >= 15 is 0 Å². The Kier molecular flexibility index (Phi) is 27.1. The molecule has 0 unspecified atom stereocenters. The van der Waals surface area contributed by atoms with Crippen molar-refractivity contribution in [1.82, 2.24) is 0 Å². The Hall–Kier alpha value is -18.2. The topological polar surface area (TPSA) is 150 Å². The highest BCUT2D eigenvalue weighted by Crippen LogP contribution is 2.50. The third-order valence-electron chi connectivity index (χ3n) is 24.6. The molecular formula is C128H88O9. The van der Waals surface area contributed by atoms with Crippen LogP contribution in [0.1, 0.15) is 87.7 Å². The number of carbonyl (C=O) groups excluding carboxylic acids is 8. The van der Waals surface area contributed by atoms with Crippen molar-refractivity contribution in [2.45, 2.75) is 12.8 Å². The number of hydrogen-bond acceptors (Lipinski definition) is 9. The molecule has 654 valence electrons. The molecular weight excluding hydrogens is 1680 g/mol. The second-order valence-electron chi connectivity index (χ2n) is 33.1. The number of carbonyl (C=O) groups is 8. The summed E-state index contributed by atoms with van der Waals surface area (Å²) in [6.07, 6.45) is 11.5. The predicted octanol–water partition coefficient (Wildman–Crippen LogP) is 30.1. The Morgan fingerprint density at radius 3 is 0.686 bits per heavy atom. The van der Waals surface area contributed by atoms with Crippen LogP contribution in [0.25, 0.3) is 133 Å². The van der Waals surface area contributed by atoms with Gasteiger partial charge in [-0.2, -0.15) is 0 Å². The third kappa shape index (κ3) is 19.6. The molecule has 0 aliphatic heterocycles. The van der Waals surface area contributed by atoms with E-state index in [4.69, 9.17) is 4.42 Å². The minimum atomic E-state index is -0.131. The fourth-order valence-corrected chi connectivity index (χ4v) is 17.9. The van der Waals surface area contributed by atoms with Crippen LogP contribution in [0.3, 0.4) is 0 Å². The molecule has 0 spiro atoms. The zero-order valence-electron chi connectivity index (χ0n) is 74.7. The molecule has 9 heteroatoms. The van der Waals surface area contributed by atoms with Crippen molar-refractivity contribution in [3.8, 4) is 89.4 Å². The van der Waals surface area contributed by atoms with E-state index < -0.39 is 0 Å². The predicted molar refractivity (Wildman–Crippen MR) is 556 cm³/mol. The molecule has 0 amide bonds. The fraction of sp³-hybridized carbons (Fsp3) is 0.0156. The second-order valence-corrected chi connectivity index (χ2v) is 33.1. The summed E-state index contributed by atoms with van der Waals surface area (Å²) in [6.45, 7) is 8.20. The number of rotatable bonds is 13. The number of ketones is 8. The number of furan rings is 1.